The molecule has 0 radical (unpaired) electrons. The first-order valence-electron chi connectivity index (χ1n) is 9.44. The lowest BCUT2D eigenvalue weighted by Gasteiger charge is -2.30. The highest BCUT2D eigenvalue weighted by molar-refractivity contribution is 6.32. The normalized spacial score (nSPS) is 16.3. The molecule has 7 nitrogen and oxygen atoms in total. The molecule has 0 saturated carbocycles. The van der Waals surface area contributed by atoms with Crippen LogP contribution in [0.15, 0.2) is 23.4 Å². The Labute approximate surface area is 170 Å². The summed E-state index contributed by atoms with van der Waals surface area (Å²) in [5, 5.41) is 5.88. The fourth-order valence-corrected chi connectivity index (χ4v) is 3.38. The number of halogens is 1. The summed E-state index contributed by atoms with van der Waals surface area (Å²) < 4.78 is 16.2. The average Bonchev–Trinajstić information content (AvgIpc) is 2.66. The average molecular weight is 411 g/mol. The van der Waals surface area contributed by atoms with Gasteiger partial charge in [0.05, 0.1) is 37.0 Å². The monoisotopic (exact) mass is 410 g/mol. The third-order valence-corrected chi connectivity index (χ3v) is 4.58. The Bertz CT molecular complexity index is 763. The summed E-state index contributed by atoms with van der Waals surface area (Å²) in [6.07, 6.45) is 2.33. The third-order valence-electron chi connectivity index (χ3n) is 4.30. The zero-order chi connectivity index (χ0) is 20.7. The molecule has 0 bridgehead atoms. The van der Waals surface area contributed by atoms with Gasteiger partial charge in [0.15, 0.2) is 11.5 Å². The van der Waals surface area contributed by atoms with E-state index in [1.54, 1.807) is 19.1 Å². The van der Waals surface area contributed by atoms with Gasteiger partial charge in [0, 0.05) is 5.70 Å². The Morgan fingerprint density at radius 3 is 2.57 bits per heavy atom. The summed E-state index contributed by atoms with van der Waals surface area (Å²) >= 11 is 6.37. The summed E-state index contributed by atoms with van der Waals surface area (Å²) in [7, 11) is 1.50. The van der Waals surface area contributed by atoms with Crippen LogP contribution in [-0.4, -0.2) is 32.3 Å². The predicted octanol–water partition coefficient (Wildman–Crippen LogP) is 4.11. The van der Waals surface area contributed by atoms with Crippen LogP contribution in [0, 0.1) is 0 Å². The number of esters is 1. The number of hydrogen-bond donors (Lipinski definition) is 2. The van der Waals surface area contributed by atoms with Crippen LogP contribution in [0.4, 0.5) is 4.79 Å². The van der Waals surface area contributed by atoms with E-state index in [9.17, 15) is 9.59 Å². The van der Waals surface area contributed by atoms with E-state index < -0.39 is 12.0 Å². The summed E-state index contributed by atoms with van der Waals surface area (Å²) in [6, 6.07) is 2.30. The molecule has 1 aromatic carbocycles. The van der Waals surface area contributed by atoms with E-state index in [2.05, 4.69) is 10.6 Å². The summed E-state index contributed by atoms with van der Waals surface area (Å²) in [5.74, 6) is 0.370. The van der Waals surface area contributed by atoms with E-state index >= 15 is 0 Å². The molecule has 1 aliphatic rings. The van der Waals surface area contributed by atoms with E-state index in [0.29, 0.717) is 46.4 Å². The zero-order valence-electron chi connectivity index (χ0n) is 16.7. The lowest BCUT2D eigenvalue weighted by atomic mass is 9.93. The largest absolute Gasteiger partial charge is 0.491 e. The topological polar surface area (TPSA) is 85.9 Å². The van der Waals surface area contributed by atoms with Gasteiger partial charge in [0.25, 0.3) is 0 Å². The molecule has 0 spiro atoms. The summed E-state index contributed by atoms with van der Waals surface area (Å²) in [5.41, 5.74) is 1.55. The molecule has 8 heteroatoms. The molecule has 28 heavy (non-hydrogen) atoms. The van der Waals surface area contributed by atoms with Gasteiger partial charge in [0.1, 0.15) is 0 Å². The highest BCUT2D eigenvalue weighted by Crippen LogP contribution is 2.40. The van der Waals surface area contributed by atoms with Crippen LogP contribution < -0.4 is 20.1 Å². The minimum atomic E-state index is -0.706. The Balaban J connectivity index is 2.58. The lowest BCUT2D eigenvalue weighted by molar-refractivity contribution is -0.139. The first-order valence-corrected chi connectivity index (χ1v) is 9.82. The third kappa shape index (κ3) is 4.90. The smallest absolute Gasteiger partial charge is 0.338 e. The van der Waals surface area contributed by atoms with Gasteiger partial charge < -0.3 is 24.8 Å². The van der Waals surface area contributed by atoms with Crippen molar-refractivity contribution in [3.63, 3.8) is 0 Å². The SMILES string of the molecule is CCCCC1=C(C(=O)OCC)C(c2cc(Cl)c(OC)c(OCC)c2)NC(=O)N1. The van der Waals surface area contributed by atoms with Crippen LogP contribution in [0.3, 0.4) is 0 Å². The quantitative estimate of drug-likeness (QED) is 0.598. The molecule has 1 heterocycles. The maximum absolute atomic E-state index is 12.7. The number of nitrogens with one attached hydrogen (secondary N) is 2. The molecule has 0 aromatic heterocycles. The number of urea groups is 1. The molecular weight excluding hydrogens is 384 g/mol. The Morgan fingerprint density at radius 2 is 1.96 bits per heavy atom. The van der Waals surface area contributed by atoms with Gasteiger partial charge in [-0.3, -0.25) is 0 Å². The van der Waals surface area contributed by atoms with Crippen LogP contribution in [0.2, 0.25) is 5.02 Å². The number of hydrogen-bond acceptors (Lipinski definition) is 5. The fraction of sp³-hybridized carbons (Fsp3) is 0.500. The van der Waals surface area contributed by atoms with Gasteiger partial charge in [-0.2, -0.15) is 0 Å². The first kappa shape index (κ1) is 21.9. The van der Waals surface area contributed by atoms with E-state index in [-0.39, 0.29) is 12.6 Å². The molecule has 1 aliphatic heterocycles. The van der Waals surface area contributed by atoms with Gasteiger partial charge in [-0.05, 0) is 44.4 Å². The molecule has 2 N–H and O–H groups in total. The van der Waals surface area contributed by atoms with Crippen molar-refractivity contribution in [3.8, 4) is 11.5 Å². The second-order valence-electron chi connectivity index (χ2n) is 6.21. The van der Waals surface area contributed by atoms with Crippen molar-refractivity contribution in [2.45, 2.75) is 46.1 Å². The zero-order valence-corrected chi connectivity index (χ0v) is 17.4. The van der Waals surface area contributed by atoms with Gasteiger partial charge in [-0.1, -0.05) is 24.9 Å². The predicted molar refractivity (Wildman–Crippen MR) is 107 cm³/mol. The van der Waals surface area contributed by atoms with Crippen LogP contribution in [0.25, 0.3) is 0 Å². The maximum atomic E-state index is 12.7. The molecule has 154 valence electrons. The lowest BCUT2D eigenvalue weighted by Crippen LogP contribution is -2.46. The minimum absolute atomic E-state index is 0.234. The number of unbranched alkanes of at least 4 members (excludes halogenated alkanes) is 1. The van der Waals surface area contributed by atoms with Crippen molar-refractivity contribution in [1.82, 2.24) is 10.6 Å². The molecule has 0 saturated heterocycles. The number of carbonyl (C=O) groups excluding carboxylic acids is 2. The highest BCUT2D eigenvalue weighted by Gasteiger charge is 2.34. The van der Waals surface area contributed by atoms with E-state index in [0.717, 1.165) is 12.8 Å². The summed E-state index contributed by atoms with van der Waals surface area (Å²) in [6.45, 7) is 6.28. The fourth-order valence-electron chi connectivity index (χ4n) is 3.08. The van der Waals surface area contributed by atoms with Crippen molar-refractivity contribution in [2.75, 3.05) is 20.3 Å². The molecule has 0 aliphatic carbocycles. The van der Waals surface area contributed by atoms with Gasteiger partial charge >= 0.3 is 12.0 Å². The molecule has 1 unspecified atom stereocenters. The molecular formula is C20H27ClN2O5. The van der Waals surface area contributed by atoms with Crippen LogP contribution in [-0.2, 0) is 9.53 Å². The number of ether oxygens (including phenoxy) is 3. The number of benzene rings is 1. The van der Waals surface area contributed by atoms with Crippen LogP contribution in [0.1, 0.15) is 51.6 Å². The van der Waals surface area contributed by atoms with E-state index in [1.165, 1.54) is 7.11 Å². The first-order chi connectivity index (χ1) is 13.5. The van der Waals surface area contributed by atoms with E-state index in [4.69, 9.17) is 25.8 Å². The Kier molecular flexibility index (Phi) is 7.99. The second-order valence-corrected chi connectivity index (χ2v) is 6.62. The second kappa shape index (κ2) is 10.2. The van der Waals surface area contributed by atoms with Gasteiger partial charge in [-0.15, -0.1) is 0 Å². The Morgan fingerprint density at radius 1 is 1.21 bits per heavy atom. The molecule has 1 atom stereocenters. The van der Waals surface area contributed by atoms with Crippen LogP contribution in [0.5, 0.6) is 11.5 Å². The molecule has 2 rings (SSSR count). The van der Waals surface area contributed by atoms with Crippen molar-refractivity contribution in [2.24, 2.45) is 0 Å². The summed E-state index contributed by atoms with van der Waals surface area (Å²) in [4.78, 5) is 25.0. The number of carbonyl (C=O) groups is 2. The van der Waals surface area contributed by atoms with Crippen molar-refractivity contribution < 1.29 is 23.8 Å². The van der Waals surface area contributed by atoms with Crippen molar-refractivity contribution in [3.05, 3.63) is 34.0 Å². The van der Waals surface area contributed by atoms with Crippen molar-refractivity contribution >= 4 is 23.6 Å². The number of allylic oxidation sites excluding steroid dienone is 1. The van der Waals surface area contributed by atoms with E-state index in [1.807, 2.05) is 13.8 Å². The standard InChI is InChI=1S/C20H27ClN2O5/c1-5-8-9-14-16(19(24)28-7-3)17(23-20(25)22-14)12-10-13(21)18(26-4)15(11-12)27-6-2/h10-11,17H,5-9H2,1-4H3,(H2,22,23,25). The molecule has 0 fully saturated rings. The molecule has 2 amide bonds. The number of amides is 2. The highest BCUT2D eigenvalue weighted by atomic mass is 35.5. The molecule has 1 aromatic rings. The number of methoxy groups -OCH3 is 1. The minimum Gasteiger partial charge on any atom is -0.491 e. The van der Waals surface area contributed by atoms with Gasteiger partial charge in [0.2, 0.25) is 0 Å². The number of rotatable bonds is 9. The van der Waals surface area contributed by atoms with Crippen LogP contribution >= 0.6 is 11.6 Å². The van der Waals surface area contributed by atoms with Gasteiger partial charge in [-0.25, -0.2) is 9.59 Å². The Hall–Kier alpha value is -2.41. The maximum Gasteiger partial charge on any atom is 0.338 e. The van der Waals surface area contributed by atoms with Crippen molar-refractivity contribution in [1.29, 1.82) is 0 Å².